The maximum Gasteiger partial charge on any atom is 0.127 e. The number of aliphatic imine (C=N–C) groups is 1. The summed E-state index contributed by atoms with van der Waals surface area (Å²) in [6, 6.07) is 8.50. The van der Waals surface area contributed by atoms with Gasteiger partial charge in [-0.15, -0.1) is 0 Å². The standard InChI is InChI=1S/C21H24BrN3/c22-18-13-7-12-17(14-18)21-24-19(15-8-3-1-4-9-15)23-20(25-21)16-10-5-2-6-11-16/h1,3,7-8,10,12-14,19,21,24H,2,4-6,9,11H2,(H,23,25). The molecule has 0 spiro atoms. The lowest BCUT2D eigenvalue weighted by molar-refractivity contribution is 0.423. The van der Waals surface area contributed by atoms with E-state index in [2.05, 4.69) is 75.1 Å². The minimum Gasteiger partial charge on any atom is -0.351 e. The van der Waals surface area contributed by atoms with Crippen LogP contribution in [0.1, 0.15) is 50.3 Å². The van der Waals surface area contributed by atoms with E-state index in [1.54, 1.807) is 0 Å². The molecule has 2 atom stereocenters. The molecule has 3 aliphatic rings. The van der Waals surface area contributed by atoms with Crippen molar-refractivity contribution in [2.45, 2.75) is 50.9 Å². The maximum atomic E-state index is 5.04. The van der Waals surface area contributed by atoms with E-state index in [-0.39, 0.29) is 12.3 Å². The topological polar surface area (TPSA) is 36.4 Å². The van der Waals surface area contributed by atoms with Gasteiger partial charge in [0.05, 0.1) is 0 Å². The number of nitrogens with zero attached hydrogens (tertiary/aromatic N) is 1. The molecule has 4 rings (SSSR count). The molecule has 3 nitrogen and oxygen atoms in total. The Morgan fingerprint density at radius 1 is 1.12 bits per heavy atom. The van der Waals surface area contributed by atoms with Crippen molar-refractivity contribution >= 4 is 21.8 Å². The van der Waals surface area contributed by atoms with Crippen molar-refractivity contribution < 1.29 is 0 Å². The molecule has 130 valence electrons. The summed E-state index contributed by atoms with van der Waals surface area (Å²) in [6.07, 6.45) is 16.1. The Hall–Kier alpha value is -1.65. The second-order valence-corrected chi connectivity index (χ2v) is 7.78. The van der Waals surface area contributed by atoms with Gasteiger partial charge in [0, 0.05) is 4.47 Å². The lowest BCUT2D eigenvalue weighted by Crippen LogP contribution is -2.49. The van der Waals surface area contributed by atoms with Crippen LogP contribution in [0.2, 0.25) is 0 Å². The zero-order chi connectivity index (χ0) is 17.1. The minimum atomic E-state index is 0.0491. The van der Waals surface area contributed by atoms with Gasteiger partial charge in [-0.2, -0.15) is 0 Å². The molecule has 1 heterocycles. The van der Waals surface area contributed by atoms with Crippen LogP contribution in [0, 0.1) is 0 Å². The Bertz CT molecular complexity index is 760. The molecular formula is C21H24BrN3. The van der Waals surface area contributed by atoms with Crippen LogP contribution < -0.4 is 10.6 Å². The SMILES string of the molecule is Brc1cccc(C2NC(C3=CCCCC3)=NC(C3=CC=CCC3)N2)c1. The van der Waals surface area contributed by atoms with E-state index in [1.165, 1.54) is 36.0 Å². The molecule has 0 aromatic heterocycles. The van der Waals surface area contributed by atoms with Gasteiger partial charge in [-0.05, 0) is 67.4 Å². The predicted octanol–water partition coefficient (Wildman–Crippen LogP) is 5.14. The monoisotopic (exact) mass is 397 g/mol. The number of nitrogens with one attached hydrogen (secondary N) is 2. The Kier molecular flexibility index (Phi) is 5.18. The molecule has 0 saturated carbocycles. The van der Waals surface area contributed by atoms with Crippen LogP contribution >= 0.6 is 15.9 Å². The Balaban J connectivity index is 1.66. The van der Waals surface area contributed by atoms with E-state index in [1.807, 2.05) is 0 Å². The molecule has 1 aromatic carbocycles. The fraction of sp³-hybridized carbons (Fsp3) is 0.381. The van der Waals surface area contributed by atoms with E-state index in [9.17, 15) is 0 Å². The first-order valence-corrected chi connectivity index (χ1v) is 10.00. The van der Waals surface area contributed by atoms with Gasteiger partial charge in [0.2, 0.25) is 0 Å². The Morgan fingerprint density at radius 2 is 2.08 bits per heavy atom. The van der Waals surface area contributed by atoms with Gasteiger partial charge in [-0.1, -0.05) is 52.4 Å². The largest absolute Gasteiger partial charge is 0.351 e. The number of amidine groups is 1. The van der Waals surface area contributed by atoms with Crippen LogP contribution in [0.15, 0.2) is 69.2 Å². The second kappa shape index (κ2) is 7.71. The molecule has 2 N–H and O–H groups in total. The third kappa shape index (κ3) is 3.96. The second-order valence-electron chi connectivity index (χ2n) is 6.86. The lowest BCUT2D eigenvalue weighted by Gasteiger charge is -2.34. The Labute approximate surface area is 158 Å². The molecule has 0 amide bonds. The highest BCUT2D eigenvalue weighted by Crippen LogP contribution is 2.27. The lowest BCUT2D eigenvalue weighted by atomic mass is 9.96. The highest BCUT2D eigenvalue weighted by atomic mass is 79.9. The van der Waals surface area contributed by atoms with Crippen molar-refractivity contribution in [1.29, 1.82) is 0 Å². The van der Waals surface area contributed by atoms with E-state index in [0.29, 0.717) is 0 Å². The van der Waals surface area contributed by atoms with E-state index >= 15 is 0 Å². The number of halogens is 1. The molecule has 0 fully saturated rings. The predicted molar refractivity (Wildman–Crippen MR) is 107 cm³/mol. The van der Waals surface area contributed by atoms with E-state index in [0.717, 1.165) is 29.6 Å². The third-order valence-corrected chi connectivity index (χ3v) is 5.53. The average molecular weight is 398 g/mol. The Morgan fingerprint density at radius 3 is 2.84 bits per heavy atom. The van der Waals surface area contributed by atoms with Crippen molar-refractivity contribution in [2.24, 2.45) is 4.99 Å². The van der Waals surface area contributed by atoms with Gasteiger partial charge in [-0.25, -0.2) is 4.99 Å². The fourth-order valence-electron chi connectivity index (χ4n) is 3.67. The third-order valence-electron chi connectivity index (χ3n) is 5.04. The van der Waals surface area contributed by atoms with Crippen molar-refractivity contribution in [2.75, 3.05) is 0 Å². The summed E-state index contributed by atoms with van der Waals surface area (Å²) in [5.41, 5.74) is 3.98. The smallest absolute Gasteiger partial charge is 0.127 e. The normalized spacial score (nSPS) is 26.4. The summed E-state index contributed by atoms with van der Waals surface area (Å²) in [5, 5.41) is 7.33. The summed E-state index contributed by atoms with van der Waals surface area (Å²) >= 11 is 3.59. The van der Waals surface area contributed by atoms with Crippen LogP contribution in [0.3, 0.4) is 0 Å². The first-order valence-electron chi connectivity index (χ1n) is 9.20. The van der Waals surface area contributed by atoms with Gasteiger partial charge < -0.3 is 5.32 Å². The molecule has 2 unspecified atom stereocenters. The van der Waals surface area contributed by atoms with Gasteiger partial charge in [0.25, 0.3) is 0 Å². The van der Waals surface area contributed by atoms with Crippen molar-refractivity contribution in [3.8, 4) is 0 Å². The van der Waals surface area contributed by atoms with Gasteiger partial charge in [0.1, 0.15) is 18.2 Å². The first-order chi connectivity index (χ1) is 12.3. The van der Waals surface area contributed by atoms with Crippen LogP contribution in [0.5, 0.6) is 0 Å². The highest BCUT2D eigenvalue weighted by Gasteiger charge is 2.27. The zero-order valence-electron chi connectivity index (χ0n) is 14.3. The molecule has 0 saturated heterocycles. The van der Waals surface area contributed by atoms with Gasteiger partial charge >= 0.3 is 0 Å². The van der Waals surface area contributed by atoms with Crippen molar-refractivity contribution in [3.05, 3.63) is 69.8 Å². The van der Waals surface area contributed by atoms with Gasteiger partial charge in [-0.3, -0.25) is 5.32 Å². The molecule has 4 heteroatoms. The number of benzene rings is 1. The zero-order valence-corrected chi connectivity index (χ0v) is 15.9. The molecular weight excluding hydrogens is 374 g/mol. The number of hydrogen-bond acceptors (Lipinski definition) is 3. The van der Waals surface area contributed by atoms with Crippen LogP contribution in [0.25, 0.3) is 0 Å². The summed E-state index contributed by atoms with van der Waals surface area (Å²) in [4.78, 5) is 5.04. The quantitative estimate of drug-likeness (QED) is 0.740. The summed E-state index contributed by atoms with van der Waals surface area (Å²) in [5.74, 6) is 1.07. The minimum absolute atomic E-state index is 0.0491. The van der Waals surface area contributed by atoms with E-state index in [4.69, 9.17) is 4.99 Å². The fourth-order valence-corrected chi connectivity index (χ4v) is 4.09. The maximum absolute atomic E-state index is 5.04. The average Bonchev–Trinajstić information content (AvgIpc) is 2.69. The molecule has 0 bridgehead atoms. The molecule has 25 heavy (non-hydrogen) atoms. The van der Waals surface area contributed by atoms with E-state index < -0.39 is 0 Å². The number of rotatable bonds is 3. The molecule has 0 radical (unpaired) electrons. The van der Waals surface area contributed by atoms with Crippen LogP contribution in [-0.2, 0) is 0 Å². The number of hydrogen-bond donors (Lipinski definition) is 2. The highest BCUT2D eigenvalue weighted by molar-refractivity contribution is 9.10. The van der Waals surface area contributed by atoms with Gasteiger partial charge in [0.15, 0.2) is 0 Å². The molecule has 1 aromatic rings. The summed E-state index contributed by atoms with van der Waals surface area (Å²) < 4.78 is 1.10. The molecule has 1 aliphatic heterocycles. The summed E-state index contributed by atoms with van der Waals surface area (Å²) in [7, 11) is 0. The van der Waals surface area contributed by atoms with Crippen molar-refractivity contribution in [1.82, 2.24) is 10.6 Å². The molecule has 2 aliphatic carbocycles. The first kappa shape index (κ1) is 16.8. The van der Waals surface area contributed by atoms with Crippen LogP contribution in [0.4, 0.5) is 0 Å². The van der Waals surface area contributed by atoms with Crippen LogP contribution in [-0.4, -0.2) is 12.0 Å². The number of allylic oxidation sites excluding steroid dienone is 4. The summed E-state index contributed by atoms with van der Waals surface area (Å²) in [6.45, 7) is 0. The van der Waals surface area contributed by atoms with Crippen molar-refractivity contribution in [3.63, 3.8) is 0 Å².